The second kappa shape index (κ2) is 8.81. The van der Waals surface area contributed by atoms with Crippen LogP contribution in [0.4, 0.5) is 0 Å². The van der Waals surface area contributed by atoms with Crippen molar-refractivity contribution in [1.29, 1.82) is 0 Å². The number of rotatable bonds is 8. The van der Waals surface area contributed by atoms with Gasteiger partial charge in [-0.15, -0.1) is 0 Å². The van der Waals surface area contributed by atoms with E-state index in [9.17, 15) is 14.4 Å². The molecule has 8 heteroatoms. The van der Waals surface area contributed by atoms with Crippen molar-refractivity contribution in [2.45, 2.75) is 25.0 Å². The highest BCUT2D eigenvalue weighted by molar-refractivity contribution is 7.13. The minimum atomic E-state index is -1.42. The Balaban J connectivity index is 4.16. The fraction of sp³-hybridized carbons (Fsp3) is 0.444. The molecule has 0 aliphatic rings. The van der Waals surface area contributed by atoms with Gasteiger partial charge >= 0.3 is 5.97 Å². The Bertz CT molecular complexity index is 309. The van der Waals surface area contributed by atoms with Crippen LogP contribution in [0, 0.1) is 0 Å². The van der Waals surface area contributed by atoms with Crippen LogP contribution in [-0.2, 0) is 14.4 Å². The van der Waals surface area contributed by atoms with Crippen LogP contribution in [0.3, 0.4) is 0 Å². The van der Waals surface area contributed by atoms with Crippen LogP contribution in [0.15, 0.2) is 12.2 Å². The van der Waals surface area contributed by atoms with E-state index in [4.69, 9.17) is 10.8 Å². The van der Waals surface area contributed by atoms with Crippen molar-refractivity contribution in [3.05, 3.63) is 12.2 Å². The van der Waals surface area contributed by atoms with Crippen LogP contribution in [0.1, 0.15) is 12.8 Å². The molecule has 1 unspecified atom stereocenters. The SMILES string of the molecule is N[C@H](NC(=O)[C@H](CC/C=C/C=O)NP)C(=O)O. The number of amides is 1. The van der Waals surface area contributed by atoms with Gasteiger partial charge in [0, 0.05) is 0 Å². The predicted octanol–water partition coefficient (Wildman–Crippen LogP) is -1.24. The van der Waals surface area contributed by atoms with Gasteiger partial charge in [-0.3, -0.25) is 14.7 Å². The van der Waals surface area contributed by atoms with Crippen molar-refractivity contribution < 1.29 is 19.5 Å². The van der Waals surface area contributed by atoms with Crippen molar-refractivity contribution in [2.75, 3.05) is 0 Å². The average molecular weight is 261 g/mol. The van der Waals surface area contributed by atoms with Crippen LogP contribution in [0.2, 0.25) is 0 Å². The van der Waals surface area contributed by atoms with Gasteiger partial charge in [-0.05, 0) is 18.9 Å². The van der Waals surface area contributed by atoms with E-state index in [1.165, 1.54) is 6.08 Å². The Morgan fingerprint density at radius 3 is 2.59 bits per heavy atom. The summed E-state index contributed by atoms with van der Waals surface area (Å²) in [6, 6.07) is -0.582. The molecule has 0 rings (SSSR count). The maximum atomic E-state index is 11.5. The van der Waals surface area contributed by atoms with Crippen molar-refractivity contribution >= 4 is 27.6 Å². The molecule has 0 bridgehead atoms. The molecule has 7 nitrogen and oxygen atoms in total. The summed E-state index contributed by atoms with van der Waals surface area (Å²) >= 11 is 0. The number of carboxylic acids is 1. The van der Waals surface area contributed by atoms with Gasteiger partial charge in [0.15, 0.2) is 6.17 Å². The topological polar surface area (TPSA) is 122 Å². The van der Waals surface area contributed by atoms with E-state index in [1.54, 1.807) is 6.08 Å². The molecule has 0 aromatic carbocycles. The molecule has 0 aliphatic carbocycles. The van der Waals surface area contributed by atoms with Gasteiger partial charge in [-0.2, -0.15) is 0 Å². The summed E-state index contributed by atoms with van der Waals surface area (Å²) in [6.45, 7) is 0. The lowest BCUT2D eigenvalue weighted by molar-refractivity contribution is -0.141. The van der Waals surface area contributed by atoms with Crippen LogP contribution >= 0.6 is 9.39 Å². The fourth-order valence-electron chi connectivity index (χ4n) is 1.02. The highest BCUT2D eigenvalue weighted by Gasteiger charge is 2.20. The summed E-state index contributed by atoms with van der Waals surface area (Å²) in [5, 5.41) is 13.3. The molecular formula is C9H16N3O4P. The van der Waals surface area contributed by atoms with Gasteiger partial charge in [0.1, 0.15) is 6.29 Å². The first-order chi connectivity index (χ1) is 8.02. The first-order valence-corrected chi connectivity index (χ1v) is 5.45. The Hall–Kier alpha value is -1.30. The molecule has 96 valence electrons. The molecular weight excluding hydrogens is 245 g/mol. The monoisotopic (exact) mass is 261 g/mol. The Labute approximate surface area is 101 Å². The number of aliphatic carboxylic acids is 1. The summed E-state index contributed by atoms with van der Waals surface area (Å²) in [6.07, 6.45) is 3.11. The largest absolute Gasteiger partial charge is 0.479 e. The molecule has 0 spiro atoms. The summed E-state index contributed by atoms with van der Waals surface area (Å²) < 4.78 is 0. The van der Waals surface area contributed by atoms with Crippen molar-refractivity contribution in [1.82, 2.24) is 10.4 Å². The van der Waals surface area contributed by atoms with Crippen molar-refractivity contribution in [2.24, 2.45) is 5.73 Å². The number of carbonyl (C=O) groups is 3. The highest BCUT2D eigenvalue weighted by atomic mass is 31.0. The Morgan fingerprint density at radius 1 is 1.47 bits per heavy atom. The Morgan fingerprint density at radius 2 is 2.12 bits per heavy atom. The van der Waals surface area contributed by atoms with Gasteiger partial charge in [0.2, 0.25) is 5.91 Å². The van der Waals surface area contributed by atoms with E-state index in [0.29, 0.717) is 19.1 Å². The number of nitrogens with one attached hydrogen (secondary N) is 2. The van der Waals surface area contributed by atoms with Gasteiger partial charge < -0.3 is 16.2 Å². The van der Waals surface area contributed by atoms with E-state index in [1.807, 2.05) is 0 Å². The van der Waals surface area contributed by atoms with Crippen molar-refractivity contribution in [3.8, 4) is 0 Å². The number of hydrogen-bond donors (Lipinski definition) is 4. The third kappa shape index (κ3) is 6.78. The first-order valence-electron chi connectivity index (χ1n) is 4.88. The predicted molar refractivity (Wildman–Crippen MR) is 64.8 cm³/mol. The second-order valence-corrected chi connectivity index (χ2v) is 3.52. The Kier molecular flexibility index (Phi) is 8.13. The molecule has 0 radical (unpaired) electrons. The van der Waals surface area contributed by atoms with E-state index in [0.717, 1.165) is 0 Å². The number of aldehydes is 1. The molecule has 5 N–H and O–H groups in total. The molecule has 0 saturated carbocycles. The third-order valence-corrected chi connectivity index (χ3v) is 2.32. The lowest BCUT2D eigenvalue weighted by atomic mass is 10.1. The number of nitrogens with two attached hydrogens (primary N) is 1. The van der Waals surface area contributed by atoms with Gasteiger partial charge in [-0.1, -0.05) is 15.5 Å². The molecule has 0 fully saturated rings. The molecule has 0 saturated heterocycles. The maximum Gasteiger partial charge on any atom is 0.341 e. The maximum absolute atomic E-state index is 11.5. The summed E-state index contributed by atoms with van der Waals surface area (Å²) in [5.41, 5.74) is 5.16. The van der Waals surface area contributed by atoms with Crippen molar-refractivity contribution in [3.63, 3.8) is 0 Å². The van der Waals surface area contributed by atoms with E-state index >= 15 is 0 Å². The van der Waals surface area contributed by atoms with Crippen LogP contribution < -0.4 is 16.1 Å². The summed E-state index contributed by atoms with van der Waals surface area (Å²) in [7, 11) is 2.18. The molecule has 0 heterocycles. The zero-order valence-corrected chi connectivity index (χ0v) is 10.3. The van der Waals surface area contributed by atoms with Gasteiger partial charge in [0.25, 0.3) is 0 Å². The first kappa shape index (κ1) is 15.7. The number of carbonyl (C=O) groups excluding carboxylic acids is 2. The second-order valence-electron chi connectivity index (χ2n) is 3.19. The van der Waals surface area contributed by atoms with Gasteiger partial charge in [0.05, 0.1) is 6.04 Å². The molecule has 1 amide bonds. The minimum absolute atomic E-state index is 0.423. The van der Waals surface area contributed by atoms with E-state index < -0.39 is 24.1 Å². The molecule has 0 aliphatic heterocycles. The summed E-state index contributed by atoms with van der Waals surface area (Å²) in [5.74, 6) is -1.81. The normalized spacial score (nSPS) is 14.2. The molecule has 17 heavy (non-hydrogen) atoms. The lowest BCUT2D eigenvalue weighted by Gasteiger charge is -2.16. The van der Waals surface area contributed by atoms with Gasteiger partial charge in [-0.25, -0.2) is 4.79 Å². The molecule has 3 atom stereocenters. The summed E-state index contributed by atoms with van der Waals surface area (Å²) in [4.78, 5) is 32.0. The smallest absolute Gasteiger partial charge is 0.341 e. The standard InChI is InChI=1S/C9H16N3O4P/c10-7(9(15)16)11-8(14)6(12-17)4-2-1-3-5-13/h1,3,5-7,12H,2,4,10,17H2,(H,11,14)(H,15,16)/b3-1+/t6-,7+/m0/s1. The van der Waals surface area contributed by atoms with E-state index in [2.05, 4.69) is 19.8 Å². The minimum Gasteiger partial charge on any atom is -0.479 e. The fourth-order valence-corrected chi connectivity index (χ4v) is 1.34. The number of carboxylic acid groups (broad SMARTS) is 1. The zero-order valence-electron chi connectivity index (χ0n) is 9.13. The highest BCUT2D eigenvalue weighted by Crippen LogP contribution is 2.01. The molecule has 0 aromatic rings. The third-order valence-electron chi connectivity index (χ3n) is 1.92. The van der Waals surface area contributed by atoms with E-state index in [-0.39, 0.29) is 0 Å². The van der Waals surface area contributed by atoms with Crippen LogP contribution in [0.25, 0.3) is 0 Å². The average Bonchev–Trinajstić information content (AvgIpc) is 2.28. The van der Waals surface area contributed by atoms with Crippen LogP contribution in [0.5, 0.6) is 0 Å². The molecule has 0 aromatic heterocycles. The quantitative estimate of drug-likeness (QED) is 0.187. The number of hydrogen-bond acceptors (Lipinski definition) is 5. The van der Waals surface area contributed by atoms with Crippen LogP contribution in [-0.4, -0.2) is 35.5 Å². The zero-order chi connectivity index (χ0) is 13.3. The lowest BCUT2D eigenvalue weighted by Crippen LogP contribution is -2.52. The number of allylic oxidation sites excluding steroid dienone is 2.